The van der Waals surface area contributed by atoms with Gasteiger partial charge in [0.2, 0.25) is 0 Å². The first-order chi connectivity index (χ1) is 15.3. The van der Waals surface area contributed by atoms with Crippen molar-refractivity contribution in [1.29, 1.82) is 0 Å². The smallest absolute Gasteiger partial charge is 0.161 e. The third-order valence-corrected chi connectivity index (χ3v) is 4.50. The molecule has 0 aliphatic heterocycles. The number of aromatic hydroxyl groups is 4. The van der Waals surface area contributed by atoms with E-state index >= 15 is 0 Å². The highest BCUT2D eigenvalue weighted by Crippen LogP contribution is 2.29. The standard InChI is InChI=1S/C22H32N2O8/c25-15(13-31-17-3-5-19(27)21(29)9-17)11-23-7-1-2-8-24-12-16(26)14-32-18-4-6-20(28)22(30)10-18/h3-6,9-10,15-16,23-30H,1-2,7-8,11-14H2. The number of phenolic OH excluding ortho intramolecular Hbond substituents is 4. The van der Waals surface area contributed by atoms with E-state index < -0.39 is 12.2 Å². The minimum atomic E-state index is -0.713. The van der Waals surface area contributed by atoms with Crippen molar-refractivity contribution >= 4 is 0 Å². The quantitative estimate of drug-likeness (QED) is 0.142. The summed E-state index contributed by atoms with van der Waals surface area (Å²) in [7, 11) is 0. The average molecular weight is 453 g/mol. The van der Waals surface area contributed by atoms with Gasteiger partial charge in [-0.2, -0.15) is 0 Å². The summed E-state index contributed by atoms with van der Waals surface area (Å²) in [5, 5.41) is 63.4. The Bertz CT molecular complexity index is 753. The largest absolute Gasteiger partial charge is 0.504 e. The fourth-order valence-corrected chi connectivity index (χ4v) is 2.73. The molecule has 32 heavy (non-hydrogen) atoms. The fourth-order valence-electron chi connectivity index (χ4n) is 2.73. The number of benzene rings is 2. The summed E-state index contributed by atoms with van der Waals surface area (Å²) < 4.78 is 10.7. The fraction of sp³-hybridized carbons (Fsp3) is 0.455. The van der Waals surface area contributed by atoms with E-state index in [1.807, 2.05) is 0 Å². The molecular weight excluding hydrogens is 420 g/mol. The molecule has 10 heteroatoms. The van der Waals surface area contributed by atoms with Crippen molar-refractivity contribution in [3.63, 3.8) is 0 Å². The first kappa shape index (κ1) is 25.3. The van der Waals surface area contributed by atoms with Crippen molar-refractivity contribution in [3.05, 3.63) is 36.4 Å². The van der Waals surface area contributed by atoms with Gasteiger partial charge in [-0.25, -0.2) is 0 Å². The summed E-state index contributed by atoms with van der Waals surface area (Å²) in [5.74, 6) is -0.291. The van der Waals surface area contributed by atoms with Crippen LogP contribution in [0.2, 0.25) is 0 Å². The van der Waals surface area contributed by atoms with Gasteiger partial charge in [0.05, 0.1) is 0 Å². The molecule has 0 bridgehead atoms. The van der Waals surface area contributed by atoms with Crippen LogP contribution in [0.15, 0.2) is 36.4 Å². The number of phenols is 4. The summed E-state index contributed by atoms with van der Waals surface area (Å²) >= 11 is 0. The molecule has 2 atom stereocenters. The van der Waals surface area contributed by atoms with Crippen molar-refractivity contribution in [2.75, 3.05) is 39.4 Å². The Kier molecular flexibility index (Phi) is 10.7. The Labute approximate surface area is 186 Å². The normalized spacial score (nSPS) is 12.9. The van der Waals surface area contributed by atoms with E-state index in [4.69, 9.17) is 9.47 Å². The predicted octanol–water partition coefficient (Wildman–Crippen LogP) is 0.648. The van der Waals surface area contributed by atoms with E-state index in [1.165, 1.54) is 36.4 Å². The Hall–Kier alpha value is -2.92. The second-order valence-corrected chi connectivity index (χ2v) is 7.35. The van der Waals surface area contributed by atoms with Gasteiger partial charge in [0.25, 0.3) is 0 Å². The third kappa shape index (κ3) is 9.48. The van der Waals surface area contributed by atoms with Crippen LogP contribution < -0.4 is 20.1 Å². The summed E-state index contributed by atoms with van der Waals surface area (Å²) in [5.41, 5.74) is 0. The van der Waals surface area contributed by atoms with Crippen LogP contribution in [0.1, 0.15) is 12.8 Å². The first-order valence-corrected chi connectivity index (χ1v) is 10.4. The highest BCUT2D eigenvalue weighted by atomic mass is 16.5. The minimum Gasteiger partial charge on any atom is -0.504 e. The first-order valence-electron chi connectivity index (χ1n) is 10.4. The number of rotatable bonds is 15. The van der Waals surface area contributed by atoms with Gasteiger partial charge in [0, 0.05) is 25.2 Å². The maximum absolute atomic E-state index is 9.92. The maximum atomic E-state index is 9.92. The number of nitrogens with one attached hydrogen (secondary N) is 2. The van der Waals surface area contributed by atoms with E-state index in [1.54, 1.807) is 0 Å². The zero-order valence-electron chi connectivity index (χ0n) is 17.8. The van der Waals surface area contributed by atoms with Gasteiger partial charge in [-0.15, -0.1) is 0 Å². The van der Waals surface area contributed by atoms with Crippen LogP contribution in [-0.2, 0) is 0 Å². The molecule has 0 fully saturated rings. The highest BCUT2D eigenvalue weighted by molar-refractivity contribution is 5.44. The van der Waals surface area contributed by atoms with E-state index in [9.17, 15) is 30.6 Å². The molecule has 178 valence electrons. The molecule has 0 aliphatic rings. The molecule has 2 aromatic carbocycles. The number of unbranched alkanes of at least 4 members (excludes halogenated alkanes) is 1. The van der Waals surface area contributed by atoms with Crippen LogP contribution in [0.25, 0.3) is 0 Å². The van der Waals surface area contributed by atoms with Gasteiger partial charge >= 0.3 is 0 Å². The Morgan fingerprint density at radius 1 is 0.625 bits per heavy atom. The predicted molar refractivity (Wildman–Crippen MR) is 118 cm³/mol. The van der Waals surface area contributed by atoms with E-state index in [0.29, 0.717) is 24.6 Å². The molecule has 2 aromatic rings. The van der Waals surface area contributed by atoms with E-state index in [2.05, 4.69) is 10.6 Å². The zero-order valence-corrected chi connectivity index (χ0v) is 17.8. The Morgan fingerprint density at radius 2 is 1.03 bits per heavy atom. The van der Waals surface area contributed by atoms with Crippen molar-refractivity contribution < 1.29 is 40.1 Å². The molecule has 0 spiro atoms. The summed E-state index contributed by atoms with van der Waals surface area (Å²) in [6.45, 7) is 2.27. The molecule has 10 nitrogen and oxygen atoms in total. The molecule has 0 aliphatic carbocycles. The Morgan fingerprint density at radius 3 is 1.41 bits per heavy atom. The number of aliphatic hydroxyl groups is 2. The SMILES string of the molecule is Oc1ccc(OCC(O)CNCCCCNCC(O)COc2ccc(O)c(O)c2)cc1O. The van der Waals surface area contributed by atoms with Crippen LogP contribution >= 0.6 is 0 Å². The second-order valence-electron chi connectivity index (χ2n) is 7.35. The summed E-state index contributed by atoms with van der Waals surface area (Å²) in [6, 6.07) is 8.20. The van der Waals surface area contributed by atoms with Gasteiger partial charge < -0.3 is 50.7 Å². The molecule has 2 rings (SSSR count). The number of aliphatic hydroxyl groups excluding tert-OH is 2. The van der Waals surface area contributed by atoms with Crippen LogP contribution in [0.5, 0.6) is 34.5 Å². The lowest BCUT2D eigenvalue weighted by Crippen LogP contribution is -2.33. The van der Waals surface area contributed by atoms with Crippen LogP contribution in [0, 0.1) is 0 Å². The van der Waals surface area contributed by atoms with Gasteiger partial charge in [-0.1, -0.05) is 0 Å². The van der Waals surface area contributed by atoms with Gasteiger partial charge in [-0.3, -0.25) is 0 Å². The monoisotopic (exact) mass is 452 g/mol. The molecule has 0 amide bonds. The van der Waals surface area contributed by atoms with Crippen molar-refractivity contribution in [2.45, 2.75) is 25.0 Å². The molecule has 2 unspecified atom stereocenters. The maximum Gasteiger partial charge on any atom is 0.161 e. The van der Waals surface area contributed by atoms with Crippen molar-refractivity contribution in [2.24, 2.45) is 0 Å². The molecular formula is C22H32N2O8. The molecule has 8 N–H and O–H groups in total. The topological polar surface area (TPSA) is 164 Å². The van der Waals surface area contributed by atoms with Crippen molar-refractivity contribution in [1.82, 2.24) is 10.6 Å². The number of hydrogen-bond acceptors (Lipinski definition) is 10. The summed E-state index contributed by atoms with van der Waals surface area (Å²) in [6.07, 6.45) is 0.335. The van der Waals surface area contributed by atoms with Crippen molar-refractivity contribution in [3.8, 4) is 34.5 Å². The number of hydrogen-bond donors (Lipinski definition) is 8. The minimum absolute atomic E-state index is 0.0580. The highest BCUT2D eigenvalue weighted by Gasteiger charge is 2.08. The van der Waals surface area contributed by atoms with Gasteiger partial charge in [0.15, 0.2) is 23.0 Å². The second kappa shape index (κ2) is 13.5. The van der Waals surface area contributed by atoms with Gasteiger partial charge in [-0.05, 0) is 50.2 Å². The molecule has 0 aromatic heterocycles. The summed E-state index contributed by atoms with van der Waals surface area (Å²) in [4.78, 5) is 0. The molecule has 0 radical (unpaired) electrons. The third-order valence-electron chi connectivity index (χ3n) is 4.50. The lowest BCUT2D eigenvalue weighted by atomic mass is 10.2. The average Bonchev–Trinajstić information content (AvgIpc) is 2.77. The van der Waals surface area contributed by atoms with E-state index in [0.717, 1.165) is 25.9 Å². The number of ether oxygens (including phenoxy) is 2. The van der Waals surface area contributed by atoms with Crippen LogP contribution in [0.4, 0.5) is 0 Å². The Balaban J connectivity index is 1.44. The molecule has 0 saturated heterocycles. The molecule has 0 saturated carbocycles. The van der Waals surface area contributed by atoms with Gasteiger partial charge in [0.1, 0.15) is 36.9 Å². The lowest BCUT2D eigenvalue weighted by molar-refractivity contribution is 0.105. The zero-order chi connectivity index (χ0) is 23.3. The van der Waals surface area contributed by atoms with E-state index in [-0.39, 0.29) is 36.2 Å². The van der Waals surface area contributed by atoms with Crippen LogP contribution in [0.3, 0.4) is 0 Å². The van der Waals surface area contributed by atoms with Crippen LogP contribution in [-0.4, -0.2) is 82.2 Å². The molecule has 0 heterocycles. The lowest BCUT2D eigenvalue weighted by Gasteiger charge is -2.14.